The number of nitrogens with two attached hydrogens (primary N) is 1. The number of halogens is 1. The minimum absolute atomic E-state index is 0.283. The van der Waals surface area contributed by atoms with Gasteiger partial charge in [-0.05, 0) is 31.0 Å². The third-order valence-corrected chi connectivity index (χ3v) is 3.57. The number of aromatic nitrogens is 2. The highest BCUT2D eigenvalue weighted by molar-refractivity contribution is 5.89. The van der Waals surface area contributed by atoms with Crippen molar-refractivity contribution in [2.24, 2.45) is 5.73 Å². The molecule has 1 aromatic carbocycles. The Bertz CT molecular complexity index is 665. The Morgan fingerprint density at radius 1 is 1.30 bits per heavy atom. The predicted octanol–water partition coefficient (Wildman–Crippen LogP) is 2.31. The Morgan fingerprint density at radius 3 is 2.57 bits per heavy atom. The molecule has 5 nitrogen and oxygen atoms in total. The second-order valence-electron chi connectivity index (χ2n) is 5.16. The van der Waals surface area contributed by atoms with Gasteiger partial charge in [0.1, 0.15) is 11.5 Å². The van der Waals surface area contributed by atoms with Crippen LogP contribution in [0.5, 0.6) is 0 Å². The van der Waals surface area contributed by atoms with Crippen molar-refractivity contribution in [1.82, 2.24) is 9.78 Å². The molecule has 0 saturated heterocycles. The lowest BCUT2D eigenvalue weighted by Crippen LogP contribution is -2.19. The molecule has 23 heavy (non-hydrogen) atoms. The molecule has 0 bridgehead atoms. The molecule has 0 aliphatic heterocycles. The van der Waals surface area contributed by atoms with E-state index >= 15 is 0 Å². The molecule has 2 aromatic rings. The van der Waals surface area contributed by atoms with Crippen molar-refractivity contribution in [3.8, 4) is 0 Å². The normalized spacial score (nSPS) is 10.8. The summed E-state index contributed by atoms with van der Waals surface area (Å²) >= 11 is 0. The first kappa shape index (κ1) is 17.1. The van der Waals surface area contributed by atoms with E-state index in [1.165, 1.54) is 12.1 Å². The second kappa shape index (κ2) is 7.87. The van der Waals surface area contributed by atoms with Crippen molar-refractivity contribution in [3.63, 3.8) is 0 Å². The maximum atomic E-state index is 13.1. The Hall–Kier alpha value is -2.21. The lowest BCUT2D eigenvalue weighted by Gasteiger charge is -2.08. The number of benzene rings is 1. The summed E-state index contributed by atoms with van der Waals surface area (Å²) in [4.78, 5) is 12.4. The molecular formula is C17H22FN3O2. The molecule has 0 fully saturated rings. The number of aryl methyl sites for hydroxylation is 1. The average molecular weight is 319 g/mol. The fraction of sp³-hybridized carbons (Fsp3) is 0.412. The first-order valence-electron chi connectivity index (χ1n) is 7.80. The zero-order valence-electron chi connectivity index (χ0n) is 13.5. The smallest absolute Gasteiger partial charge is 0.356 e. The number of carbonyl (C=O) groups excluding carboxylic acids is 1. The van der Waals surface area contributed by atoms with Gasteiger partial charge in [-0.15, -0.1) is 0 Å². The highest BCUT2D eigenvalue weighted by atomic mass is 19.1. The summed E-state index contributed by atoms with van der Waals surface area (Å²) in [5.41, 5.74) is 8.64. The van der Waals surface area contributed by atoms with Crippen molar-refractivity contribution in [1.29, 1.82) is 0 Å². The molecule has 0 spiro atoms. The van der Waals surface area contributed by atoms with Gasteiger partial charge in [0.2, 0.25) is 0 Å². The van der Waals surface area contributed by atoms with Crippen LogP contribution in [-0.2, 0) is 24.1 Å². The van der Waals surface area contributed by atoms with Gasteiger partial charge in [-0.3, -0.25) is 4.68 Å². The van der Waals surface area contributed by atoms with Gasteiger partial charge in [0.15, 0.2) is 0 Å². The average Bonchev–Trinajstić information content (AvgIpc) is 2.87. The van der Waals surface area contributed by atoms with E-state index in [4.69, 9.17) is 10.5 Å². The molecule has 124 valence electrons. The Balaban J connectivity index is 2.45. The van der Waals surface area contributed by atoms with Gasteiger partial charge in [-0.1, -0.05) is 19.1 Å². The van der Waals surface area contributed by atoms with Crippen molar-refractivity contribution in [2.45, 2.75) is 33.2 Å². The number of esters is 1. The molecule has 2 N–H and O–H groups in total. The SMILES string of the molecule is CCOC(=O)c1c(Cc2ccc(F)cc2)c(CC)nn1CCN. The van der Waals surface area contributed by atoms with Gasteiger partial charge in [0.25, 0.3) is 0 Å². The van der Waals surface area contributed by atoms with E-state index in [9.17, 15) is 9.18 Å². The van der Waals surface area contributed by atoms with E-state index in [-0.39, 0.29) is 5.82 Å². The first-order chi connectivity index (χ1) is 11.1. The van der Waals surface area contributed by atoms with Crippen molar-refractivity contribution < 1.29 is 13.9 Å². The molecule has 1 aromatic heterocycles. The van der Waals surface area contributed by atoms with Crippen molar-refractivity contribution in [3.05, 3.63) is 52.6 Å². The van der Waals surface area contributed by atoms with E-state index in [1.807, 2.05) is 6.92 Å². The van der Waals surface area contributed by atoms with Crippen LogP contribution < -0.4 is 5.73 Å². The molecule has 0 amide bonds. The third kappa shape index (κ3) is 3.96. The van der Waals surface area contributed by atoms with Gasteiger partial charge in [0.05, 0.1) is 18.8 Å². The quantitative estimate of drug-likeness (QED) is 0.795. The van der Waals surface area contributed by atoms with E-state index in [0.717, 1.165) is 16.8 Å². The number of ether oxygens (including phenoxy) is 1. The van der Waals surface area contributed by atoms with E-state index in [1.54, 1.807) is 23.7 Å². The summed E-state index contributed by atoms with van der Waals surface area (Å²) in [7, 11) is 0. The van der Waals surface area contributed by atoms with Gasteiger partial charge >= 0.3 is 5.97 Å². The number of nitrogens with zero attached hydrogens (tertiary/aromatic N) is 2. The standard InChI is InChI=1S/C17H22FN3O2/c1-3-15-14(11-12-5-7-13(18)8-6-12)16(17(22)23-4-2)21(20-15)10-9-19/h5-8H,3-4,9-11,19H2,1-2H3. The first-order valence-corrected chi connectivity index (χ1v) is 7.80. The molecule has 0 atom stereocenters. The summed E-state index contributed by atoms with van der Waals surface area (Å²) in [5, 5.41) is 4.50. The summed E-state index contributed by atoms with van der Waals surface area (Å²) in [6, 6.07) is 6.25. The van der Waals surface area contributed by atoms with Gasteiger partial charge in [0, 0.05) is 18.5 Å². The number of carbonyl (C=O) groups is 1. The van der Waals surface area contributed by atoms with E-state index < -0.39 is 5.97 Å². The van der Waals surface area contributed by atoms with Crippen LogP contribution in [0.1, 0.15) is 41.2 Å². The highest BCUT2D eigenvalue weighted by Crippen LogP contribution is 2.21. The Labute approximate surface area is 135 Å². The topological polar surface area (TPSA) is 70.1 Å². The molecule has 0 saturated carbocycles. The van der Waals surface area contributed by atoms with Crippen LogP contribution in [0.25, 0.3) is 0 Å². The third-order valence-electron chi connectivity index (χ3n) is 3.57. The van der Waals surface area contributed by atoms with Crippen LogP contribution in [0.4, 0.5) is 4.39 Å². The minimum Gasteiger partial charge on any atom is -0.461 e. The highest BCUT2D eigenvalue weighted by Gasteiger charge is 2.23. The van der Waals surface area contributed by atoms with E-state index in [2.05, 4.69) is 5.10 Å². The Kier molecular flexibility index (Phi) is 5.87. The minimum atomic E-state index is -0.398. The van der Waals surface area contributed by atoms with Crippen molar-refractivity contribution >= 4 is 5.97 Å². The fourth-order valence-electron chi connectivity index (χ4n) is 2.54. The molecule has 0 radical (unpaired) electrons. The lowest BCUT2D eigenvalue weighted by molar-refractivity contribution is 0.0511. The summed E-state index contributed by atoms with van der Waals surface area (Å²) in [6.07, 6.45) is 1.20. The van der Waals surface area contributed by atoms with Crippen molar-refractivity contribution in [2.75, 3.05) is 13.2 Å². The van der Waals surface area contributed by atoms with Crippen LogP contribution in [-0.4, -0.2) is 28.9 Å². The van der Waals surface area contributed by atoms with E-state index in [0.29, 0.717) is 38.2 Å². The molecule has 6 heteroatoms. The summed E-state index contributed by atoms with van der Waals surface area (Å²) in [6.45, 7) is 4.88. The van der Waals surface area contributed by atoms with Crippen LogP contribution in [0.2, 0.25) is 0 Å². The molecular weight excluding hydrogens is 297 g/mol. The summed E-state index contributed by atoms with van der Waals surface area (Å²) in [5.74, 6) is -0.681. The zero-order valence-corrected chi connectivity index (χ0v) is 13.5. The van der Waals surface area contributed by atoms with Gasteiger partial charge < -0.3 is 10.5 Å². The van der Waals surface area contributed by atoms with Crippen LogP contribution in [0.3, 0.4) is 0 Å². The Morgan fingerprint density at radius 2 is 2.00 bits per heavy atom. The number of hydrogen-bond acceptors (Lipinski definition) is 4. The number of hydrogen-bond donors (Lipinski definition) is 1. The molecule has 0 unspecified atom stereocenters. The van der Waals surface area contributed by atoms with Gasteiger partial charge in [-0.2, -0.15) is 5.10 Å². The monoisotopic (exact) mass is 319 g/mol. The van der Waals surface area contributed by atoms with Crippen LogP contribution in [0.15, 0.2) is 24.3 Å². The molecule has 2 rings (SSSR count). The maximum Gasteiger partial charge on any atom is 0.356 e. The number of rotatable bonds is 7. The van der Waals surface area contributed by atoms with Crippen LogP contribution >= 0.6 is 0 Å². The zero-order chi connectivity index (χ0) is 16.8. The van der Waals surface area contributed by atoms with Gasteiger partial charge in [-0.25, -0.2) is 9.18 Å². The van der Waals surface area contributed by atoms with Crippen LogP contribution in [0, 0.1) is 5.82 Å². The molecule has 1 heterocycles. The molecule has 0 aliphatic rings. The fourth-order valence-corrected chi connectivity index (χ4v) is 2.54. The maximum absolute atomic E-state index is 13.1. The molecule has 0 aliphatic carbocycles. The lowest BCUT2D eigenvalue weighted by atomic mass is 10.0. The second-order valence-corrected chi connectivity index (χ2v) is 5.16. The largest absolute Gasteiger partial charge is 0.461 e. The predicted molar refractivity (Wildman–Crippen MR) is 85.8 cm³/mol. The summed E-state index contributed by atoms with van der Waals surface area (Å²) < 4.78 is 19.9.